The monoisotopic (exact) mass is 524 g/mol. The van der Waals surface area contributed by atoms with Crippen LogP contribution in [0.3, 0.4) is 0 Å². The molecule has 0 aliphatic carbocycles. The van der Waals surface area contributed by atoms with E-state index in [1.54, 1.807) is 0 Å². The molecule has 39 heavy (non-hydrogen) atoms. The van der Waals surface area contributed by atoms with Gasteiger partial charge in [0, 0.05) is 13.0 Å². The second-order valence-electron chi connectivity index (χ2n) is 9.19. The molecule has 0 fully saturated rings. The van der Waals surface area contributed by atoms with E-state index >= 15 is 0 Å². The number of anilines is 2. The molecule has 7 nitrogen and oxygen atoms in total. The molecule has 0 radical (unpaired) electrons. The molecule has 4 aromatic rings. The molecule has 1 aliphatic rings. The van der Waals surface area contributed by atoms with E-state index < -0.39 is 12.1 Å². The summed E-state index contributed by atoms with van der Waals surface area (Å²) >= 11 is 0. The zero-order valence-electron chi connectivity index (χ0n) is 21.8. The van der Waals surface area contributed by atoms with Crippen molar-refractivity contribution < 1.29 is 24.1 Å². The maximum atomic E-state index is 13.0. The van der Waals surface area contributed by atoms with Gasteiger partial charge in [0.1, 0.15) is 11.9 Å². The van der Waals surface area contributed by atoms with Crippen molar-refractivity contribution in [3.63, 3.8) is 0 Å². The maximum absolute atomic E-state index is 13.0. The summed E-state index contributed by atoms with van der Waals surface area (Å²) < 4.78 is 18.0. The SMILES string of the molecule is CCOC(Cc1ccc(OCN2c3ccccc3Oc3ccccc32)cc1)C(=O)NC(CO)c1ccccc1. The average Bonchev–Trinajstić information content (AvgIpc) is 2.99. The smallest absolute Gasteiger partial charge is 0.250 e. The molecule has 2 N–H and O–H groups in total. The first kappa shape index (κ1) is 26.3. The highest BCUT2D eigenvalue weighted by Crippen LogP contribution is 2.46. The lowest BCUT2D eigenvalue weighted by atomic mass is 10.0. The van der Waals surface area contributed by atoms with E-state index in [0.717, 1.165) is 34.0 Å². The Kier molecular flexibility index (Phi) is 8.41. The molecule has 2 unspecified atom stereocenters. The fourth-order valence-corrected chi connectivity index (χ4v) is 4.61. The van der Waals surface area contributed by atoms with E-state index in [1.165, 1.54) is 0 Å². The van der Waals surface area contributed by atoms with Crippen LogP contribution < -0.4 is 19.7 Å². The van der Waals surface area contributed by atoms with E-state index in [9.17, 15) is 9.90 Å². The maximum Gasteiger partial charge on any atom is 0.250 e. The first-order valence-electron chi connectivity index (χ1n) is 13.1. The number of carbonyl (C=O) groups is 1. The van der Waals surface area contributed by atoms with Crippen molar-refractivity contribution in [1.82, 2.24) is 5.32 Å². The molecule has 0 saturated heterocycles. The van der Waals surface area contributed by atoms with E-state index in [0.29, 0.717) is 25.5 Å². The molecule has 0 bridgehead atoms. The molecule has 0 saturated carbocycles. The van der Waals surface area contributed by atoms with Crippen molar-refractivity contribution in [3.8, 4) is 17.2 Å². The fourth-order valence-electron chi connectivity index (χ4n) is 4.61. The molecule has 0 aromatic heterocycles. The molecule has 5 rings (SSSR count). The molecule has 0 spiro atoms. The van der Waals surface area contributed by atoms with Crippen molar-refractivity contribution in [2.24, 2.45) is 0 Å². The van der Waals surface area contributed by atoms with Gasteiger partial charge in [-0.25, -0.2) is 0 Å². The molecule has 7 heteroatoms. The lowest BCUT2D eigenvalue weighted by Crippen LogP contribution is -2.41. The average molecular weight is 525 g/mol. The van der Waals surface area contributed by atoms with E-state index in [4.69, 9.17) is 14.2 Å². The van der Waals surface area contributed by atoms with E-state index in [2.05, 4.69) is 10.2 Å². The Balaban J connectivity index is 1.23. The highest BCUT2D eigenvalue weighted by molar-refractivity contribution is 5.81. The van der Waals surface area contributed by atoms with Crippen LogP contribution in [-0.2, 0) is 16.0 Å². The highest BCUT2D eigenvalue weighted by Gasteiger charge is 2.25. The number of rotatable bonds is 11. The van der Waals surface area contributed by atoms with Crippen LogP contribution in [-0.4, -0.2) is 37.1 Å². The third-order valence-electron chi connectivity index (χ3n) is 6.60. The predicted octanol–water partition coefficient (Wildman–Crippen LogP) is 5.76. The zero-order valence-corrected chi connectivity index (χ0v) is 21.8. The van der Waals surface area contributed by atoms with Crippen molar-refractivity contribution >= 4 is 17.3 Å². The van der Waals surface area contributed by atoms with Gasteiger partial charge in [-0.1, -0.05) is 66.7 Å². The van der Waals surface area contributed by atoms with E-state index in [1.807, 2.05) is 110 Å². The summed E-state index contributed by atoms with van der Waals surface area (Å²) in [7, 11) is 0. The summed E-state index contributed by atoms with van der Waals surface area (Å²) in [6.07, 6.45) is -0.280. The fraction of sp³-hybridized carbons (Fsp3) is 0.219. The number of para-hydroxylation sites is 4. The van der Waals surface area contributed by atoms with Crippen LogP contribution in [0.2, 0.25) is 0 Å². The number of amides is 1. The van der Waals surface area contributed by atoms with Crippen LogP contribution in [0.25, 0.3) is 0 Å². The minimum absolute atomic E-state index is 0.196. The number of fused-ring (bicyclic) bond motifs is 2. The standard InChI is InChI=1S/C32H32N2O5/c1-2-37-31(32(36)33-26(21-35)24-10-4-3-5-11-24)20-23-16-18-25(19-17-23)38-22-34-27-12-6-8-14-29(27)39-30-15-9-7-13-28(30)34/h3-19,26,31,35H,2,20-22H2,1H3,(H,33,36). The number of carbonyl (C=O) groups excluding carboxylic acids is 1. The van der Waals surface area contributed by atoms with Crippen molar-refractivity contribution in [2.45, 2.75) is 25.5 Å². The van der Waals surface area contributed by atoms with Crippen LogP contribution in [0.5, 0.6) is 17.2 Å². The van der Waals surface area contributed by atoms with Gasteiger partial charge in [-0.15, -0.1) is 0 Å². The van der Waals surface area contributed by atoms with Crippen LogP contribution >= 0.6 is 0 Å². The summed E-state index contributed by atoms with van der Waals surface area (Å²) in [5, 5.41) is 12.8. The Morgan fingerprint density at radius 1 is 0.872 bits per heavy atom. The van der Waals surface area contributed by atoms with Crippen molar-refractivity contribution in [1.29, 1.82) is 0 Å². The molecule has 200 valence electrons. The Labute approximate surface area is 228 Å². The lowest BCUT2D eigenvalue weighted by molar-refractivity contribution is -0.133. The summed E-state index contributed by atoms with van der Waals surface area (Å²) in [5.74, 6) is 2.02. The predicted molar refractivity (Wildman–Crippen MR) is 151 cm³/mol. The number of ether oxygens (including phenoxy) is 3. The third kappa shape index (κ3) is 6.22. The molecular formula is C32H32N2O5. The van der Waals surface area contributed by atoms with Gasteiger partial charge in [-0.3, -0.25) is 4.79 Å². The van der Waals surface area contributed by atoms with Gasteiger partial charge in [0.05, 0.1) is 24.0 Å². The summed E-state index contributed by atoms with van der Waals surface area (Å²) in [6, 6.07) is 32.4. The third-order valence-corrected chi connectivity index (χ3v) is 6.60. The topological polar surface area (TPSA) is 80.3 Å². The number of hydrogen-bond acceptors (Lipinski definition) is 6. The van der Waals surface area contributed by atoms with Crippen molar-refractivity contribution in [3.05, 3.63) is 114 Å². The normalized spacial score (nSPS) is 13.4. The lowest BCUT2D eigenvalue weighted by Gasteiger charge is -2.32. The number of hydrogen-bond donors (Lipinski definition) is 2. The van der Waals surface area contributed by atoms with Crippen LogP contribution in [0.15, 0.2) is 103 Å². The van der Waals surface area contributed by atoms with Crippen LogP contribution in [0.4, 0.5) is 11.4 Å². The number of aliphatic hydroxyl groups excluding tert-OH is 1. The van der Waals surface area contributed by atoms with Gasteiger partial charge in [0.15, 0.2) is 18.2 Å². The number of benzene rings is 4. The Hall–Kier alpha value is -4.33. The first-order chi connectivity index (χ1) is 19.2. The summed E-state index contributed by atoms with van der Waals surface area (Å²) in [4.78, 5) is 15.1. The second kappa shape index (κ2) is 12.5. The van der Waals surface area contributed by atoms with E-state index in [-0.39, 0.29) is 12.5 Å². The van der Waals surface area contributed by atoms with Crippen molar-refractivity contribution in [2.75, 3.05) is 24.8 Å². The molecule has 1 amide bonds. The zero-order chi connectivity index (χ0) is 27.0. The van der Waals surface area contributed by atoms with Gasteiger partial charge in [0.25, 0.3) is 0 Å². The number of nitrogens with zero attached hydrogens (tertiary/aromatic N) is 1. The van der Waals surface area contributed by atoms with Gasteiger partial charge in [-0.05, 0) is 54.4 Å². The minimum atomic E-state index is -0.680. The van der Waals surface area contributed by atoms with Crippen LogP contribution in [0.1, 0.15) is 24.1 Å². The quantitative estimate of drug-likeness (QED) is 0.260. The molecule has 1 heterocycles. The highest BCUT2D eigenvalue weighted by atomic mass is 16.5. The molecule has 2 atom stereocenters. The van der Waals surface area contributed by atoms with Gasteiger partial charge in [-0.2, -0.15) is 0 Å². The Bertz CT molecular complexity index is 1330. The Morgan fingerprint density at radius 2 is 1.49 bits per heavy atom. The number of nitrogens with one attached hydrogen (secondary N) is 1. The number of aliphatic hydroxyl groups is 1. The Morgan fingerprint density at radius 3 is 2.10 bits per heavy atom. The summed E-state index contributed by atoms with van der Waals surface area (Å²) in [6.45, 7) is 2.37. The molecular weight excluding hydrogens is 492 g/mol. The largest absolute Gasteiger partial charge is 0.473 e. The van der Waals surface area contributed by atoms with Gasteiger partial charge in [0.2, 0.25) is 5.91 Å². The minimum Gasteiger partial charge on any atom is -0.473 e. The summed E-state index contributed by atoms with van der Waals surface area (Å²) in [5.41, 5.74) is 3.67. The molecule has 4 aromatic carbocycles. The van der Waals surface area contributed by atoms with Gasteiger partial charge >= 0.3 is 0 Å². The van der Waals surface area contributed by atoms with Crippen LogP contribution in [0, 0.1) is 0 Å². The first-order valence-corrected chi connectivity index (χ1v) is 13.1. The molecule has 1 aliphatic heterocycles. The second-order valence-corrected chi connectivity index (χ2v) is 9.19. The van der Waals surface area contributed by atoms with Gasteiger partial charge < -0.3 is 29.5 Å².